The van der Waals surface area contributed by atoms with E-state index < -0.39 is 17.7 Å². The molecular formula is C28H27BrN2O5. The predicted octanol–water partition coefficient (Wildman–Crippen LogP) is 5.47. The monoisotopic (exact) mass is 550 g/mol. The molecule has 1 amide bonds. The third kappa shape index (κ3) is 4.56. The molecule has 0 saturated carbocycles. The summed E-state index contributed by atoms with van der Waals surface area (Å²) in [6, 6.07) is 17.0. The summed E-state index contributed by atoms with van der Waals surface area (Å²) < 4.78 is 11.7. The Morgan fingerprint density at radius 3 is 2.08 bits per heavy atom. The van der Waals surface area contributed by atoms with Crippen molar-refractivity contribution in [2.45, 2.75) is 13.0 Å². The van der Waals surface area contributed by atoms with Gasteiger partial charge in [-0.2, -0.15) is 0 Å². The quantitative estimate of drug-likeness (QED) is 0.249. The fourth-order valence-electron chi connectivity index (χ4n) is 4.25. The van der Waals surface area contributed by atoms with Crippen molar-refractivity contribution in [1.82, 2.24) is 0 Å². The summed E-state index contributed by atoms with van der Waals surface area (Å²) in [7, 11) is 6.89. The molecule has 0 radical (unpaired) electrons. The molecule has 3 aromatic carbocycles. The molecule has 1 unspecified atom stereocenters. The van der Waals surface area contributed by atoms with E-state index in [0.717, 1.165) is 15.7 Å². The van der Waals surface area contributed by atoms with Crippen LogP contribution >= 0.6 is 15.9 Å². The number of anilines is 2. The van der Waals surface area contributed by atoms with E-state index in [4.69, 9.17) is 9.47 Å². The number of hydrogen-bond donors (Lipinski definition) is 1. The Kier molecular flexibility index (Phi) is 7.08. The number of carbonyl (C=O) groups excluding carboxylic acids is 2. The number of aryl methyl sites for hydroxylation is 1. The molecule has 1 fully saturated rings. The van der Waals surface area contributed by atoms with Gasteiger partial charge in [-0.25, -0.2) is 0 Å². The first-order valence-electron chi connectivity index (χ1n) is 11.2. The number of hydrogen-bond acceptors (Lipinski definition) is 6. The van der Waals surface area contributed by atoms with Gasteiger partial charge in [-0.1, -0.05) is 34.1 Å². The van der Waals surface area contributed by atoms with Gasteiger partial charge >= 0.3 is 0 Å². The topological polar surface area (TPSA) is 79.3 Å². The molecule has 186 valence electrons. The first kappa shape index (κ1) is 25.3. The summed E-state index contributed by atoms with van der Waals surface area (Å²) in [6.45, 7) is 1.89. The van der Waals surface area contributed by atoms with Crippen molar-refractivity contribution < 1.29 is 24.2 Å². The Balaban J connectivity index is 1.96. The lowest BCUT2D eigenvalue weighted by Crippen LogP contribution is -2.29. The Labute approximate surface area is 218 Å². The molecule has 1 aliphatic heterocycles. The Bertz CT molecular complexity index is 1340. The van der Waals surface area contributed by atoms with Crippen LogP contribution in [-0.4, -0.2) is 45.1 Å². The number of Topliss-reactive ketones (excluding diaryl/α,β-unsaturated/α-hetero) is 1. The number of amides is 1. The smallest absolute Gasteiger partial charge is 0.300 e. The van der Waals surface area contributed by atoms with Crippen molar-refractivity contribution in [2.24, 2.45) is 0 Å². The number of benzene rings is 3. The van der Waals surface area contributed by atoms with Crippen LogP contribution < -0.4 is 19.3 Å². The van der Waals surface area contributed by atoms with Crippen LogP contribution in [0.4, 0.5) is 11.4 Å². The molecule has 0 spiro atoms. The SMILES string of the molecule is COc1cc(OC)cc(N2C(=O)C(=O)/C(=C(/O)c3ccc(Br)c(C)c3)C2c2ccc(N(C)C)cc2)c1. The van der Waals surface area contributed by atoms with Gasteiger partial charge in [-0.3, -0.25) is 14.5 Å². The molecule has 8 heteroatoms. The fraction of sp³-hybridized carbons (Fsp3) is 0.214. The zero-order valence-corrected chi connectivity index (χ0v) is 22.3. The minimum atomic E-state index is -0.859. The third-order valence-electron chi connectivity index (χ3n) is 6.22. The van der Waals surface area contributed by atoms with Crippen molar-refractivity contribution in [1.29, 1.82) is 0 Å². The third-order valence-corrected chi connectivity index (χ3v) is 7.11. The molecule has 1 atom stereocenters. The van der Waals surface area contributed by atoms with Crippen molar-refractivity contribution in [2.75, 3.05) is 38.1 Å². The van der Waals surface area contributed by atoms with Gasteiger partial charge in [0, 0.05) is 48.0 Å². The maximum atomic E-state index is 13.5. The Morgan fingerprint density at radius 1 is 0.944 bits per heavy atom. The van der Waals surface area contributed by atoms with Gasteiger partial charge in [0.25, 0.3) is 11.7 Å². The van der Waals surface area contributed by atoms with Crippen LogP contribution in [0.1, 0.15) is 22.7 Å². The second kappa shape index (κ2) is 10.1. The first-order valence-corrected chi connectivity index (χ1v) is 12.0. The molecule has 3 aromatic rings. The lowest BCUT2D eigenvalue weighted by molar-refractivity contribution is -0.132. The van der Waals surface area contributed by atoms with E-state index >= 15 is 0 Å². The van der Waals surface area contributed by atoms with Crippen molar-refractivity contribution in [3.63, 3.8) is 0 Å². The number of ketones is 1. The summed E-state index contributed by atoms with van der Waals surface area (Å²) >= 11 is 3.46. The van der Waals surface area contributed by atoms with Gasteiger partial charge in [0.2, 0.25) is 0 Å². The molecular weight excluding hydrogens is 524 g/mol. The maximum absolute atomic E-state index is 13.5. The van der Waals surface area contributed by atoms with Crippen LogP contribution in [0.15, 0.2) is 70.7 Å². The number of rotatable bonds is 6. The lowest BCUT2D eigenvalue weighted by Gasteiger charge is -2.26. The molecule has 1 N–H and O–H groups in total. The van der Waals surface area contributed by atoms with E-state index in [2.05, 4.69) is 15.9 Å². The molecule has 0 aromatic heterocycles. The minimum absolute atomic E-state index is 0.0149. The van der Waals surface area contributed by atoms with Gasteiger partial charge in [0.1, 0.15) is 17.3 Å². The van der Waals surface area contributed by atoms with Crippen molar-refractivity contribution in [3.8, 4) is 11.5 Å². The number of halogens is 1. The molecule has 7 nitrogen and oxygen atoms in total. The molecule has 1 aliphatic rings. The van der Waals surface area contributed by atoms with Crippen LogP contribution in [0.2, 0.25) is 0 Å². The van der Waals surface area contributed by atoms with Gasteiger partial charge < -0.3 is 19.5 Å². The number of aliphatic hydroxyl groups is 1. The van der Waals surface area contributed by atoms with Crippen LogP contribution in [0.3, 0.4) is 0 Å². The van der Waals surface area contributed by atoms with Crippen LogP contribution in [0.5, 0.6) is 11.5 Å². The summed E-state index contributed by atoms with van der Waals surface area (Å²) in [5, 5.41) is 11.4. The Hall–Kier alpha value is -3.78. The van der Waals surface area contributed by atoms with E-state index in [-0.39, 0.29) is 11.3 Å². The lowest BCUT2D eigenvalue weighted by atomic mass is 9.94. The number of nitrogens with zero attached hydrogens (tertiary/aromatic N) is 2. The van der Waals surface area contributed by atoms with Crippen LogP contribution in [0, 0.1) is 6.92 Å². The summed E-state index contributed by atoms with van der Waals surface area (Å²) in [4.78, 5) is 30.2. The molecule has 1 saturated heterocycles. The highest BCUT2D eigenvalue weighted by atomic mass is 79.9. The summed E-state index contributed by atoms with van der Waals surface area (Å²) in [5.74, 6) is -0.810. The zero-order chi connectivity index (χ0) is 26.1. The summed E-state index contributed by atoms with van der Waals surface area (Å²) in [6.07, 6.45) is 0. The second-order valence-corrected chi connectivity index (χ2v) is 9.54. The largest absolute Gasteiger partial charge is 0.507 e. The van der Waals surface area contributed by atoms with Crippen LogP contribution in [-0.2, 0) is 9.59 Å². The van der Waals surface area contributed by atoms with Gasteiger partial charge in [0.15, 0.2) is 0 Å². The molecule has 36 heavy (non-hydrogen) atoms. The van der Waals surface area contributed by atoms with E-state index in [9.17, 15) is 14.7 Å². The molecule has 1 heterocycles. The van der Waals surface area contributed by atoms with E-state index in [1.165, 1.54) is 19.1 Å². The highest BCUT2D eigenvalue weighted by molar-refractivity contribution is 9.10. The minimum Gasteiger partial charge on any atom is -0.507 e. The number of aliphatic hydroxyl groups excluding tert-OH is 1. The number of carbonyl (C=O) groups is 2. The Morgan fingerprint density at radius 2 is 1.56 bits per heavy atom. The predicted molar refractivity (Wildman–Crippen MR) is 144 cm³/mol. The second-order valence-electron chi connectivity index (χ2n) is 8.69. The van der Waals surface area contributed by atoms with E-state index in [0.29, 0.717) is 28.3 Å². The standard InChI is InChI=1S/C28H27BrN2O5/c1-16-12-18(8-11-23(16)29)26(32)24-25(17-6-9-19(10-7-17)30(2)3)31(28(34)27(24)33)20-13-21(35-4)15-22(14-20)36-5/h6-15,25,32H,1-5H3/b26-24+. The van der Waals surface area contributed by atoms with E-state index in [1.807, 2.05) is 50.2 Å². The van der Waals surface area contributed by atoms with Gasteiger partial charge in [0.05, 0.1) is 31.5 Å². The van der Waals surface area contributed by atoms with Gasteiger partial charge in [-0.05, 0) is 42.3 Å². The average Bonchev–Trinajstić information content (AvgIpc) is 3.15. The number of ether oxygens (including phenoxy) is 2. The zero-order valence-electron chi connectivity index (χ0n) is 20.7. The highest BCUT2D eigenvalue weighted by Gasteiger charge is 2.47. The number of methoxy groups -OCH3 is 2. The highest BCUT2D eigenvalue weighted by Crippen LogP contribution is 2.44. The normalized spacial score (nSPS) is 16.8. The fourth-order valence-corrected chi connectivity index (χ4v) is 4.49. The molecule has 0 bridgehead atoms. The van der Waals surface area contributed by atoms with E-state index in [1.54, 1.807) is 36.4 Å². The van der Waals surface area contributed by atoms with Crippen molar-refractivity contribution in [3.05, 3.63) is 87.4 Å². The van der Waals surface area contributed by atoms with Gasteiger partial charge in [-0.15, -0.1) is 0 Å². The summed E-state index contributed by atoms with van der Waals surface area (Å²) in [5.41, 5.74) is 3.41. The molecule has 0 aliphatic carbocycles. The van der Waals surface area contributed by atoms with Crippen LogP contribution in [0.25, 0.3) is 5.76 Å². The first-order chi connectivity index (χ1) is 17.2. The van der Waals surface area contributed by atoms with Crippen molar-refractivity contribution >= 4 is 44.8 Å². The molecule has 4 rings (SSSR count). The maximum Gasteiger partial charge on any atom is 0.300 e. The average molecular weight is 551 g/mol.